The van der Waals surface area contributed by atoms with Gasteiger partial charge in [-0.15, -0.1) is 11.3 Å². The molecule has 1 aromatic carbocycles. The van der Waals surface area contributed by atoms with Gasteiger partial charge in [0.05, 0.1) is 19.3 Å². The first-order chi connectivity index (χ1) is 15.4. The molecule has 1 aromatic heterocycles. The maximum atomic E-state index is 13.5. The van der Waals surface area contributed by atoms with Gasteiger partial charge in [-0.3, -0.25) is 4.79 Å². The van der Waals surface area contributed by atoms with Crippen LogP contribution < -0.4 is 10.1 Å². The first-order valence-corrected chi connectivity index (χ1v) is 11.9. The third-order valence-corrected chi connectivity index (χ3v) is 7.00. The molecule has 4 rings (SSSR count). The number of allylic oxidation sites excluding steroid dienone is 3. The number of ketones is 1. The average molecular weight is 452 g/mol. The maximum Gasteiger partial charge on any atom is 0.336 e. The zero-order valence-electron chi connectivity index (χ0n) is 18.9. The second-order valence-electron chi connectivity index (χ2n) is 8.80. The van der Waals surface area contributed by atoms with Crippen LogP contribution in [-0.2, 0) is 14.3 Å². The normalized spacial score (nSPS) is 20.8. The summed E-state index contributed by atoms with van der Waals surface area (Å²) in [5, 5.41) is 5.45. The van der Waals surface area contributed by atoms with E-state index in [1.54, 1.807) is 18.4 Å². The lowest BCUT2D eigenvalue weighted by atomic mass is 9.72. The quantitative estimate of drug-likeness (QED) is 0.603. The Morgan fingerprint density at radius 2 is 2.03 bits per heavy atom. The molecule has 0 amide bonds. The van der Waals surface area contributed by atoms with Crippen LogP contribution in [0.4, 0.5) is 0 Å². The monoisotopic (exact) mass is 451 g/mol. The molecule has 0 saturated heterocycles. The first kappa shape index (κ1) is 22.3. The van der Waals surface area contributed by atoms with Gasteiger partial charge >= 0.3 is 5.97 Å². The van der Waals surface area contributed by atoms with E-state index in [9.17, 15) is 9.59 Å². The van der Waals surface area contributed by atoms with Crippen molar-refractivity contribution in [3.63, 3.8) is 0 Å². The molecule has 1 aliphatic heterocycles. The van der Waals surface area contributed by atoms with Crippen LogP contribution in [0.2, 0.25) is 0 Å². The van der Waals surface area contributed by atoms with Gasteiger partial charge in [0, 0.05) is 40.1 Å². The summed E-state index contributed by atoms with van der Waals surface area (Å²) in [6.45, 7) is 6.23. The van der Waals surface area contributed by atoms with Crippen molar-refractivity contribution in [3.8, 4) is 5.75 Å². The van der Waals surface area contributed by atoms with Gasteiger partial charge < -0.3 is 14.8 Å². The fourth-order valence-corrected chi connectivity index (χ4v) is 5.34. The van der Waals surface area contributed by atoms with Crippen LogP contribution in [0.25, 0.3) is 0 Å². The minimum absolute atomic E-state index is 0.0756. The molecule has 0 fully saturated rings. The van der Waals surface area contributed by atoms with Crippen molar-refractivity contribution in [2.45, 2.75) is 45.4 Å². The van der Waals surface area contributed by atoms with Gasteiger partial charge in [-0.25, -0.2) is 4.79 Å². The molecule has 5 nitrogen and oxygen atoms in total. The van der Waals surface area contributed by atoms with Gasteiger partial charge in [-0.2, -0.15) is 0 Å². The lowest BCUT2D eigenvalue weighted by Crippen LogP contribution is -2.36. The van der Waals surface area contributed by atoms with Crippen LogP contribution in [0.1, 0.15) is 55.9 Å². The number of dihydropyridines is 1. The molecule has 2 aromatic rings. The molecule has 1 N–H and O–H groups in total. The zero-order valence-corrected chi connectivity index (χ0v) is 19.8. The second-order valence-corrected chi connectivity index (χ2v) is 9.78. The molecule has 0 bridgehead atoms. The van der Waals surface area contributed by atoms with Gasteiger partial charge in [0.2, 0.25) is 0 Å². The van der Waals surface area contributed by atoms with E-state index in [2.05, 4.69) is 11.4 Å². The maximum absolute atomic E-state index is 13.5. The predicted octanol–water partition coefficient (Wildman–Crippen LogP) is 5.32. The number of thiophene rings is 1. The topological polar surface area (TPSA) is 64.6 Å². The SMILES string of the molecule is COc1cccc(C2C(C(=O)OCC(C)C)=C(C)NC3=C2C(=O)CC(c2cccs2)C3)c1. The van der Waals surface area contributed by atoms with E-state index in [0.29, 0.717) is 29.9 Å². The second kappa shape index (κ2) is 9.33. The van der Waals surface area contributed by atoms with E-state index in [-0.39, 0.29) is 23.6 Å². The van der Waals surface area contributed by atoms with Crippen molar-refractivity contribution in [1.82, 2.24) is 5.32 Å². The minimum atomic E-state index is -0.474. The van der Waals surface area contributed by atoms with Gasteiger partial charge in [0.25, 0.3) is 0 Å². The van der Waals surface area contributed by atoms with Crippen molar-refractivity contribution < 1.29 is 19.1 Å². The number of nitrogens with one attached hydrogen (secondary N) is 1. The summed E-state index contributed by atoms with van der Waals surface area (Å²) in [6.07, 6.45) is 1.18. The summed E-state index contributed by atoms with van der Waals surface area (Å²) in [5.41, 5.74) is 3.68. The summed E-state index contributed by atoms with van der Waals surface area (Å²) in [4.78, 5) is 27.9. The standard InChI is InChI=1S/C26H29NO4S/c1-15(2)14-31-26(29)23-16(3)27-20-12-18(22-9-6-10-32-22)13-21(28)25(20)24(23)17-7-5-8-19(11-17)30-4/h5-11,15,18,24,27H,12-14H2,1-4H3. The highest BCUT2D eigenvalue weighted by Crippen LogP contribution is 2.46. The fourth-order valence-electron chi connectivity index (χ4n) is 4.51. The van der Waals surface area contributed by atoms with Crippen LogP contribution in [0.5, 0.6) is 5.75 Å². The lowest BCUT2D eigenvalue weighted by molar-refractivity contribution is -0.140. The Kier molecular flexibility index (Phi) is 6.51. The highest BCUT2D eigenvalue weighted by molar-refractivity contribution is 7.10. The van der Waals surface area contributed by atoms with Crippen LogP contribution in [0.15, 0.2) is 64.3 Å². The van der Waals surface area contributed by atoms with Crippen molar-refractivity contribution in [2.24, 2.45) is 5.92 Å². The number of esters is 1. The average Bonchev–Trinajstić information content (AvgIpc) is 3.31. The van der Waals surface area contributed by atoms with Gasteiger partial charge in [0.1, 0.15) is 5.75 Å². The molecule has 2 atom stereocenters. The Labute approximate surface area is 193 Å². The van der Waals surface area contributed by atoms with E-state index >= 15 is 0 Å². The van der Waals surface area contributed by atoms with Crippen molar-refractivity contribution >= 4 is 23.1 Å². The number of hydrogen-bond acceptors (Lipinski definition) is 6. The summed E-state index contributed by atoms with van der Waals surface area (Å²) in [5.74, 6) is 0.294. The Bertz CT molecular complexity index is 1080. The van der Waals surface area contributed by atoms with E-state index in [1.165, 1.54) is 4.88 Å². The molecule has 2 unspecified atom stereocenters. The van der Waals surface area contributed by atoms with E-state index < -0.39 is 5.92 Å². The minimum Gasteiger partial charge on any atom is -0.497 e. The largest absolute Gasteiger partial charge is 0.497 e. The number of methoxy groups -OCH3 is 1. The van der Waals surface area contributed by atoms with Crippen molar-refractivity contribution in [3.05, 3.63) is 74.8 Å². The molecule has 2 heterocycles. The summed E-state index contributed by atoms with van der Waals surface area (Å²) < 4.78 is 11.0. The van der Waals surface area contributed by atoms with Gasteiger partial charge in [-0.05, 0) is 48.4 Å². The molecule has 0 spiro atoms. The fraction of sp³-hybridized carbons (Fsp3) is 0.385. The summed E-state index contributed by atoms with van der Waals surface area (Å²) in [6, 6.07) is 11.7. The summed E-state index contributed by atoms with van der Waals surface area (Å²) >= 11 is 1.68. The Morgan fingerprint density at radius 1 is 1.22 bits per heavy atom. The van der Waals surface area contributed by atoms with Crippen molar-refractivity contribution in [1.29, 1.82) is 0 Å². The zero-order chi connectivity index (χ0) is 22.8. The molecular formula is C26H29NO4S. The number of carbonyl (C=O) groups is 2. The Hall–Kier alpha value is -2.86. The molecule has 0 radical (unpaired) electrons. The molecule has 0 saturated carbocycles. The van der Waals surface area contributed by atoms with Crippen LogP contribution >= 0.6 is 11.3 Å². The first-order valence-electron chi connectivity index (χ1n) is 11.0. The Morgan fingerprint density at radius 3 is 2.72 bits per heavy atom. The number of ether oxygens (including phenoxy) is 2. The van der Waals surface area contributed by atoms with Gasteiger partial charge in [-0.1, -0.05) is 32.0 Å². The van der Waals surface area contributed by atoms with Gasteiger partial charge in [0.15, 0.2) is 5.78 Å². The summed E-state index contributed by atoms with van der Waals surface area (Å²) in [7, 11) is 1.61. The number of benzene rings is 1. The van der Waals surface area contributed by atoms with Crippen LogP contribution in [0, 0.1) is 5.92 Å². The number of rotatable bonds is 6. The number of carbonyl (C=O) groups excluding carboxylic acids is 2. The van der Waals surface area contributed by atoms with E-state index in [1.807, 2.05) is 56.5 Å². The number of hydrogen-bond donors (Lipinski definition) is 1. The molecular weight excluding hydrogens is 422 g/mol. The van der Waals surface area contributed by atoms with Crippen LogP contribution in [0.3, 0.4) is 0 Å². The highest BCUT2D eigenvalue weighted by atomic mass is 32.1. The molecule has 168 valence electrons. The third kappa shape index (κ3) is 4.37. The lowest BCUT2D eigenvalue weighted by Gasteiger charge is -2.36. The number of Topliss-reactive ketones (excluding diaryl/α,β-unsaturated/α-hetero) is 1. The van der Waals surface area contributed by atoms with E-state index in [4.69, 9.17) is 9.47 Å². The third-order valence-electron chi connectivity index (χ3n) is 5.97. The van der Waals surface area contributed by atoms with E-state index in [0.717, 1.165) is 23.4 Å². The predicted molar refractivity (Wildman–Crippen MR) is 126 cm³/mol. The molecule has 6 heteroatoms. The smallest absolute Gasteiger partial charge is 0.336 e. The molecule has 32 heavy (non-hydrogen) atoms. The molecule has 2 aliphatic rings. The Balaban J connectivity index is 1.78. The van der Waals surface area contributed by atoms with Crippen LogP contribution in [-0.4, -0.2) is 25.5 Å². The highest BCUT2D eigenvalue weighted by Gasteiger charge is 2.41. The molecule has 1 aliphatic carbocycles. The van der Waals surface area contributed by atoms with Crippen molar-refractivity contribution in [2.75, 3.05) is 13.7 Å².